The third kappa shape index (κ3) is 3.18. The van der Waals surface area contributed by atoms with E-state index >= 15 is 0 Å². The van der Waals surface area contributed by atoms with Crippen molar-refractivity contribution in [1.82, 2.24) is 4.98 Å². The van der Waals surface area contributed by atoms with Crippen molar-refractivity contribution in [1.29, 1.82) is 0 Å². The predicted octanol–water partition coefficient (Wildman–Crippen LogP) is 5.32. The van der Waals surface area contributed by atoms with E-state index < -0.39 is 0 Å². The van der Waals surface area contributed by atoms with E-state index in [0.717, 1.165) is 22.2 Å². The molecule has 0 amide bonds. The number of H-pyrrole nitrogens is 1. The molecule has 0 saturated carbocycles. The van der Waals surface area contributed by atoms with Gasteiger partial charge >= 0.3 is 0 Å². The molecule has 29 heavy (non-hydrogen) atoms. The number of benzene rings is 2. The molecule has 0 radical (unpaired) electrons. The smallest absolute Gasteiger partial charge is 0.265 e. The lowest BCUT2D eigenvalue weighted by Crippen LogP contribution is -2.31. The topological polar surface area (TPSA) is 85.5 Å². The molecule has 1 aliphatic heterocycles. The van der Waals surface area contributed by atoms with Crippen molar-refractivity contribution in [2.24, 2.45) is 26.1 Å². The molecule has 1 aromatic heterocycles. The number of para-hydroxylation sites is 1. The van der Waals surface area contributed by atoms with E-state index in [1.54, 1.807) is 0 Å². The van der Waals surface area contributed by atoms with Crippen LogP contribution in [0.2, 0.25) is 0 Å². The van der Waals surface area contributed by atoms with E-state index in [-0.39, 0.29) is 17.8 Å². The summed E-state index contributed by atoms with van der Waals surface area (Å²) in [5, 5.41) is 19.5. The summed E-state index contributed by atoms with van der Waals surface area (Å²) in [4.78, 5) is 12.3. The Bertz CT molecular complexity index is 1230. The Morgan fingerprint density at radius 1 is 1.00 bits per heavy atom. The van der Waals surface area contributed by atoms with Crippen LogP contribution < -0.4 is 0 Å². The van der Waals surface area contributed by atoms with Crippen LogP contribution in [0.5, 0.6) is 5.88 Å². The maximum Gasteiger partial charge on any atom is 0.265 e. The Morgan fingerprint density at radius 2 is 1.79 bits per heavy atom. The first-order valence-electron chi connectivity index (χ1n) is 9.49. The number of azo groups is 1. The van der Waals surface area contributed by atoms with Crippen LogP contribution in [0.4, 0.5) is 5.69 Å². The summed E-state index contributed by atoms with van der Waals surface area (Å²) in [7, 11) is 0. The fourth-order valence-corrected chi connectivity index (χ4v) is 3.74. The van der Waals surface area contributed by atoms with E-state index in [1.165, 1.54) is 5.57 Å². The molecular formula is C23H19N5O. The van der Waals surface area contributed by atoms with Gasteiger partial charge in [0.2, 0.25) is 5.88 Å². The van der Waals surface area contributed by atoms with Crippen LogP contribution in [0.3, 0.4) is 0 Å². The number of aromatic amines is 1. The number of rotatable bonds is 2. The van der Waals surface area contributed by atoms with Crippen LogP contribution in [0.1, 0.15) is 12.5 Å². The lowest BCUT2D eigenvalue weighted by Gasteiger charge is -2.27. The molecule has 5 rings (SSSR count). The highest BCUT2D eigenvalue weighted by atomic mass is 16.3. The van der Waals surface area contributed by atoms with Gasteiger partial charge in [0.1, 0.15) is 0 Å². The summed E-state index contributed by atoms with van der Waals surface area (Å²) in [6.45, 7) is 2.08. The highest BCUT2D eigenvalue weighted by Crippen LogP contribution is 2.35. The molecular weight excluding hydrogens is 362 g/mol. The molecule has 2 aromatic carbocycles. The second-order valence-corrected chi connectivity index (χ2v) is 7.15. The minimum Gasteiger partial charge on any atom is -0.493 e. The van der Waals surface area contributed by atoms with Gasteiger partial charge in [-0.05, 0) is 18.6 Å². The first kappa shape index (κ1) is 17.3. The summed E-state index contributed by atoms with van der Waals surface area (Å²) in [5.74, 6) is 0.350. The second-order valence-electron chi connectivity index (χ2n) is 7.15. The lowest BCUT2D eigenvalue weighted by molar-refractivity contribution is 0.459. The Kier molecular flexibility index (Phi) is 4.17. The maximum absolute atomic E-state index is 10.2. The largest absolute Gasteiger partial charge is 0.493 e. The van der Waals surface area contributed by atoms with Crippen molar-refractivity contribution in [3.8, 4) is 5.88 Å². The quantitative estimate of drug-likeness (QED) is 0.579. The van der Waals surface area contributed by atoms with Crippen LogP contribution in [-0.4, -0.2) is 27.8 Å². The molecule has 2 N–H and O–H groups in total. The zero-order valence-electron chi connectivity index (χ0n) is 15.8. The molecule has 0 bridgehead atoms. The predicted molar refractivity (Wildman–Crippen MR) is 115 cm³/mol. The zero-order valence-corrected chi connectivity index (χ0v) is 15.8. The van der Waals surface area contributed by atoms with Crippen LogP contribution >= 0.6 is 0 Å². The number of aromatic hydroxyl groups is 1. The fourth-order valence-electron chi connectivity index (χ4n) is 3.74. The van der Waals surface area contributed by atoms with Crippen LogP contribution in [0.25, 0.3) is 10.9 Å². The Hall–Kier alpha value is -3.80. The molecule has 0 saturated heterocycles. The monoisotopic (exact) mass is 381 g/mol. The van der Waals surface area contributed by atoms with Crippen molar-refractivity contribution >= 4 is 28.3 Å². The Morgan fingerprint density at radius 3 is 2.66 bits per heavy atom. The molecule has 142 valence electrons. The van der Waals surface area contributed by atoms with Gasteiger partial charge in [0.05, 0.1) is 17.3 Å². The van der Waals surface area contributed by atoms with Crippen molar-refractivity contribution in [2.75, 3.05) is 0 Å². The number of allylic oxidation sites excluding steroid dienone is 2. The lowest BCUT2D eigenvalue weighted by atomic mass is 9.84. The molecule has 6 nitrogen and oxygen atoms in total. The maximum atomic E-state index is 10.2. The van der Waals surface area contributed by atoms with Gasteiger partial charge < -0.3 is 10.1 Å². The third-order valence-corrected chi connectivity index (χ3v) is 5.14. The molecule has 0 fully saturated rings. The highest BCUT2D eigenvalue weighted by Gasteiger charge is 2.30. The first-order chi connectivity index (χ1) is 14.2. The Labute approximate surface area is 167 Å². The van der Waals surface area contributed by atoms with Crippen LogP contribution in [0.15, 0.2) is 98.6 Å². The molecule has 0 unspecified atom stereocenters. The summed E-state index contributed by atoms with van der Waals surface area (Å²) in [6.07, 6.45) is 6.34. The zero-order chi connectivity index (χ0) is 19.8. The molecule has 6 heteroatoms. The number of aromatic nitrogens is 1. The van der Waals surface area contributed by atoms with Gasteiger partial charge in [0.15, 0.2) is 5.69 Å². The minimum atomic E-state index is -0.0723. The standard InChI is InChI=1S/C23H19N5O/c1-14-11-12-19-17(13-14)20(15-7-3-2-4-8-15)26-23(25-19)28-27-21-16-9-5-6-10-18(16)24-22(21)29/h2-13,17,19,24,29H,1H3/t17-,19+/m1/s1. The van der Waals surface area contributed by atoms with E-state index in [1.807, 2.05) is 54.6 Å². The van der Waals surface area contributed by atoms with Gasteiger partial charge in [-0.3, -0.25) is 0 Å². The molecule has 0 spiro atoms. The van der Waals surface area contributed by atoms with E-state index in [0.29, 0.717) is 11.6 Å². The number of fused-ring (bicyclic) bond motifs is 2. The number of nitrogens with zero attached hydrogens (tertiary/aromatic N) is 4. The summed E-state index contributed by atoms with van der Waals surface area (Å²) < 4.78 is 0. The number of aliphatic imine (C=N–C) groups is 2. The molecule has 2 atom stereocenters. The Balaban J connectivity index is 1.56. The average Bonchev–Trinajstić information content (AvgIpc) is 3.07. The van der Waals surface area contributed by atoms with Gasteiger partial charge in [-0.15, -0.1) is 10.2 Å². The number of hydrogen-bond donors (Lipinski definition) is 2. The number of hydrogen-bond acceptors (Lipinski definition) is 5. The van der Waals surface area contributed by atoms with Crippen molar-refractivity contribution in [2.45, 2.75) is 13.0 Å². The number of guanidine groups is 1. The minimum absolute atomic E-state index is 0.0207. The SMILES string of the molecule is CC1=C[C@H]2C(c3ccccc3)=NC(N=Nc3c(O)[nH]c4ccccc34)=N[C@H]2C=C1. The normalized spacial score (nSPS) is 21.1. The summed E-state index contributed by atoms with van der Waals surface area (Å²) >= 11 is 0. The van der Waals surface area contributed by atoms with Crippen molar-refractivity contribution in [3.63, 3.8) is 0 Å². The molecule has 1 aliphatic carbocycles. The van der Waals surface area contributed by atoms with E-state index in [9.17, 15) is 5.11 Å². The number of nitrogens with one attached hydrogen (secondary N) is 1. The molecule has 3 aromatic rings. The molecule has 2 heterocycles. The van der Waals surface area contributed by atoms with Crippen molar-refractivity contribution < 1.29 is 5.11 Å². The molecule has 2 aliphatic rings. The highest BCUT2D eigenvalue weighted by molar-refractivity contribution is 6.11. The van der Waals surface area contributed by atoms with Crippen molar-refractivity contribution in [3.05, 3.63) is 84.0 Å². The van der Waals surface area contributed by atoms with Gasteiger partial charge in [-0.1, -0.05) is 72.3 Å². The third-order valence-electron chi connectivity index (χ3n) is 5.14. The fraction of sp³-hybridized carbons (Fsp3) is 0.130. The van der Waals surface area contributed by atoms with Crippen LogP contribution in [-0.2, 0) is 0 Å². The summed E-state index contributed by atoms with van der Waals surface area (Å²) in [6, 6.07) is 17.6. The van der Waals surface area contributed by atoms with E-state index in [2.05, 4.69) is 45.4 Å². The van der Waals surface area contributed by atoms with Gasteiger partial charge in [-0.25, -0.2) is 9.98 Å². The second kappa shape index (κ2) is 6.98. The van der Waals surface area contributed by atoms with Crippen LogP contribution in [0, 0.1) is 5.92 Å². The van der Waals surface area contributed by atoms with Gasteiger partial charge in [0, 0.05) is 11.3 Å². The van der Waals surface area contributed by atoms with Gasteiger partial charge in [0.25, 0.3) is 5.96 Å². The van der Waals surface area contributed by atoms with Gasteiger partial charge in [-0.2, -0.15) is 0 Å². The van der Waals surface area contributed by atoms with E-state index in [4.69, 9.17) is 4.99 Å². The average molecular weight is 381 g/mol. The summed E-state index contributed by atoms with van der Waals surface area (Å²) in [5.41, 5.74) is 4.34. The first-order valence-corrected chi connectivity index (χ1v) is 9.49.